The Morgan fingerprint density at radius 1 is 1.15 bits per heavy atom. The standard InChI is InChI=1S/C21H33N3O2/c1-4-22-21(23-8-7-18-13-16(2)12-17(3)14-18)24-9-11-26-20(15-24)19-6-5-10-25-19/h12-14,19-20H,4-11,15H2,1-3H3,(H,22,23). The molecule has 0 bridgehead atoms. The van der Waals surface area contributed by atoms with Gasteiger partial charge in [-0.2, -0.15) is 0 Å². The molecule has 2 saturated heterocycles. The van der Waals surface area contributed by atoms with Gasteiger partial charge in [-0.15, -0.1) is 0 Å². The third kappa shape index (κ3) is 5.21. The maximum Gasteiger partial charge on any atom is 0.194 e. The van der Waals surface area contributed by atoms with Gasteiger partial charge in [-0.05, 0) is 45.6 Å². The van der Waals surface area contributed by atoms with Crippen LogP contribution in [0.2, 0.25) is 0 Å². The van der Waals surface area contributed by atoms with Gasteiger partial charge in [0.15, 0.2) is 5.96 Å². The van der Waals surface area contributed by atoms with E-state index >= 15 is 0 Å². The highest BCUT2D eigenvalue weighted by Gasteiger charge is 2.32. The second-order valence-electron chi connectivity index (χ2n) is 7.39. The van der Waals surface area contributed by atoms with Crippen molar-refractivity contribution in [3.05, 3.63) is 34.9 Å². The van der Waals surface area contributed by atoms with Crippen molar-refractivity contribution in [2.45, 2.75) is 52.2 Å². The number of hydrogen-bond donors (Lipinski definition) is 1. The first-order valence-electron chi connectivity index (χ1n) is 9.99. The minimum absolute atomic E-state index is 0.162. The zero-order valence-corrected chi connectivity index (χ0v) is 16.5. The molecule has 2 fully saturated rings. The highest BCUT2D eigenvalue weighted by atomic mass is 16.5. The summed E-state index contributed by atoms with van der Waals surface area (Å²) in [5.74, 6) is 1.00. The molecule has 0 radical (unpaired) electrons. The van der Waals surface area contributed by atoms with Crippen LogP contribution in [0.25, 0.3) is 0 Å². The van der Waals surface area contributed by atoms with E-state index < -0.39 is 0 Å². The molecule has 2 unspecified atom stereocenters. The fraction of sp³-hybridized carbons (Fsp3) is 0.667. The van der Waals surface area contributed by atoms with E-state index in [1.54, 1.807) is 0 Å². The molecule has 2 aliphatic heterocycles. The predicted molar refractivity (Wildman–Crippen MR) is 106 cm³/mol. The lowest BCUT2D eigenvalue weighted by Crippen LogP contribution is -2.53. The monoisotopic (exact) mass is 359 g/mol. The summed E-state index contributed by atoms with van der Waals surface area (Å²) in [6, 6.07) is 6.74. The average molecular weight is 360 g/mol. The van der Waals surface area contributed by atoms with Gasteiger partial charge in [0.05, 0.1) is 12.7 Å². The first kappa shape index (κ1) is 19.2. The molecule has 0 aromatic heterocycles. The smallest absolute Gasteiger partial charge is 0.194 e. The van der Waals surface area contributed by atoms with Gasteiger partial charge >= 0.3 is 0 Å². The number of hydrogen-bond acceptors (Lipinski definition) is 3. The fourth-order valence-corrected chi connectivity index (χ4v) is 3.92. The van der Waals surface area contributed by atoms with Gasteiger partial charge in [-0.1, -0.05) is 29.3 Å². The molecule has 144 valence electrons. The van der Waals surface area contributed by atoms with Gasteiger partial charge in [-0.25, -0.2) is 0 Å². The molecule has 5 heteroatoms. The number of aliphatic imine (C=N–C) groups is 1. The fourth-order valence-electron chi connectivity index (χ4n) is 3.92. The molecule has 0 amide bonds. The molecular formula is C21H33N3O2. The van der Waals surface area contributed by atoms with Crippen molar-refractivity contribution in [3.8, 4) is 0 Å². The van der Waals surface area contributed by atoms with E-state index in [9.17, 15) is 0 Å². The summed E-state index contributed by atoms with van der Waals surface area (Å²) in [5.41, 5.74) is 4.01. The van der Waals surface area contributed by atoms with Gasteiger partial charge in [0.2, 0.25) is 0 Å². The molecule has 0 saturated carbocycles. The Hall–Kier alpha value is -1.59. The molecular weight excluding hydrogens is 326 g/mol. The van der Waals surface area contributed by atoms with Crippen LogP contribution in [-0.2, 0) is 15.9 Å². The molecule has 26 heavy (non-hydrogen) atoms. The topological polar surface area (TPSA) is 46.1 Å². The summed E-state index contributed by atoms with van der Waals surface area (Å²) in [5, 5.41) is 3.45. The second-order valence-corrected chi connectivity index (χ2v) is 7.39. The maximum absolute atomic E-state index is 5.97. The molecule has 2 aliphatic rings. The molecule has 2 atom stereocenters. The number of benzene rings is 1. The molecule has 2 heterocycles. The summed E-state index contributed by atoms with van der Waals surface area (Å²) < 4.78 is 11.8. The lowest BCUT2D eigenvalue weighted by molar-refractivity contribution is -0.0817. The Morgan fingerprint density at radius 2 is 1.92 bits per heavy atom. The van der Waals surface area contributed by atoms with Crippen LogP contribution in [0.15, 0.2) is 23.2 Å². The average Bonchev–Trinajstić information content (AvgIpc) is 3.15. The Bertz CT molecular complexity index is 591. The normalized spacial score (nSPS) is 24.1. The second kappa shape index (κ2) is 9.38. The van der Waals surface area contributed by atoms with E-state index in [-0.39, 0.29) is 12.2 Å². The lowest BCUT2D eigenvalue weighted by atomic mass is 10.1. The molecule has 1 aromatic carbocycles. The maximum atomic E-state index is 5.97. The molecule has 1 N–H and O–H groups in total. The highest BCUT2D eigenvalue weighted by Crippen LogP contribution is 2.21. The van der Waals surface area contributed by atoms with E-state index in [1.807, 2.05) is 0 Å². The largest absolute Gasteiger partial charge is 0.375 e. The number of aryl methyl sites for hydroxylation is 2. The van der Waals surface area contributed by atoms with Gasteiger partial charge in [0, 0.05) is 32.8 Å². The van der Waals surface area contributed by atoms with Crippen molar-refractivity contribution in [2.75, 3.05) is 39.4 Å². The van der Waals surface area contributed by atoms with Crippen molar-refractivity contribution >= 4 is 5.96 Å². The van der Waals surface area contributed by atoms with Gasteiger partial charge < -0.3 is 19.7 Å². The van der Waals surface area contributed by atoms with Crippen LogP contribution < -0.4 is 5.32 Å². The number of guanidine groups is 1. The van der Waals surface area contributed by atoms with E-state index in [1.165, 1.54) is 16.7 Å². The SMILES string of the molecule is CCNC(=NCCc1cc(C)cc(C)c1)N1CCOC(C2CCCO2)C1. The number of nitrogens with zero attached hydrogens (tertiary/aromatic N) is 2. The van der Waals surface area contributed by atoms with Crippen molar-refractivity contribution < 1.29 is 9.47 Å². The molecule has 1 aromatic rings. The van der Waals surface area contributed by atoms with Crippen molar-refractivity contribution in [3.63, 3.8) is 0 Å². The van der Waals surface area contributed by atoms with E-state index in [4.69, 9.17) is 14.5 Å². The van der Waals surface area contributed by atoms with Crippen molar-refractivity contribution in [1.29, 1.82) is 0 Å². The first-order valence-corrected chi connectivity index (χ1v) is 9.99. The van der Waals surface area contributed by atoms with Crippen LogP contribution in [0.3, 0.4) is 0 Å². The Labute approximate surface area is 157 Å². The third-order valence-electron chi connectivity index (χ3n) is 5.05. The minimum atomic E-state index is 0.162. The number of nitrogens with one attached hydrogen (secondary N) is 1. The van der Waals surface area contributed by atoms with Crippen molar-refractivity contribution in [2.24, 2.45) is 4.99 Å². The van der Waals surface area contributed by atoms with E-state index in [2.05, 4.69) is 49.2 Å². The summed E-state index contributed by atoms with van der Waals surface area (Å²) in [4.78, 5) is 7.22. The Morgan fingerprint density at radius 3 is 2.62 bits per heavy atom. The van der Waals surface area contributed by atoms with Crippen LogP contribution in [0, 0.1) is 13.8 Å². The minimum Gasteiger partial charge on any atom is -0.375 e. The third-order valence-corrected chi connectivity index (χ3v) is 5.05. The molecule has 0 aliphatic carbocycles. The van der Waals surface area contributed by atoms with E-state index in [0.29, 0.717) is 0 Å². The van der Waals surface area contributed by atoms with E-state index in [0.717, 1.165) is 64.6 Å². The van der Waals surface area contributed by atoms with Crippen LogP contribution in [0.4, 0.5) is 0 Å². The van der Waals surface area contributed by atoms with Crippen LogP contribution in [0.5, 0.6) is 0 Å². The predicted octanol–water partition coefficient (Wildman–Crippen LogP) is 2.69. The molecule has 3 rings (SSSR count). The number of morpholine rings is 1. The molecule has 0 spiro atoms. The van der Waals surface area contributed by atoms with Gasteiger partial charge in [0.25, 0.3) is 0 Å². The van der Waals surface area contributed by atoms with Crippen LogP contribution >= 0.6 is 0 Å². The first-order chi connectivity index (χ1) is 12.7. The quantitative estimate of drug-likeness (QED) is 0.649. The summed E-state index contributed by atoms with van der Waals surface area (Å²) in [7, 11) is 0. The highest BCUT2D eigenvalue weighted by molar-refractivity contribution is 5.80. The summed E-state index contributed by atoms with van der Waals surface area (Å²) in [6.45, 7) is 11.5. The summed E-state index contributed by atoms with van der Waals surface area (Å²) in [6.07, 6.45) is 3.63. The lowest BCUT2D eigenvalue weighted by Gasteiger charge is -2.37. The number of ether oxygens (including phenoxy) is 2. The van der Waals surface area contributed by atoms with Gasteiger partial charge in [0.1, 0.15) is 6.10 Å². The van der Waals surface area contributed by atoms with Crippen molar-refractivity contribution in [1.82, 2.24) is 10.2 Å². The Balaban J connectivity index is 1.60. The number of rotatable bonds is 5. The molecule has 5 nitrogen and oxygen atoms in total. The van der Waals surface area contributed by atoms with Gasteiger partial charge in [-0.3, -0.25) is 4.99 Å². The zero-order chi connectivity index (χ0) is 18.4. The van der Waals surface area contributed by atoms with Crippen LogP contribution in [-0.4, -0.2) is 62.5 Å². The summed E-state index contributed by atoms with van der Waals surface area (Å²) >= 11 is 0. The Kier molecular flexibility index (Phi) is 6.92. The van der Waals surface area contributed by atoms with Crippen LogP contribution in [0.1, 0.15) is 36.5 Å². The zero-order valence-electron chi connectivity index (χ0n) is 16.5.